The molecule has 0 atom stereocenters. The number of nitrogens with zero attached hydrogens (tertiary/aromatic N) is 2. The van der Waals surface area contributed by atoms with E-state index in [4.69, 9.17) is 4.74 Å². The van der Waals surface area contributed by atoms with Gasteiger partial charge >= 0.3 is 5.97 Å². The van der Waals surface area contributed by atoms with Crippen molar-refractivity contribution in [3.8, 4) is 0 Å². The lowest BCUT2D eigenvalue weighted by atomic mass is 10.1. The predicted molar refractivity (Wildman–Crippen MR) is 120 cm³/mol. The van der Waals surface area contributed by atoms with Crippen LogP contribution < -0.4 is 9.80 Å². The Morgan fingerprint density at radius 1 is 0.903 bits per heavy atom. The fraction of sp³-hybridized carbons (Fsp3) is 0.200. The maximum atomic E-state index is 13.4. The van der Waals surface area contributed by atoms with Gasteiger partial charge in [0.1, 0.15) is 0 Å². The minimum atomic E-state index is -1.02. The Hall–Kier alpha value is -3.64. The standard InChI is InChI=1S/C25H24N2O4/c28-24(20-9-5-2-6-10-20)27(18-19-7-3-1-4-8-19)21-11-12-23(22(17-21)25(29)30)26-13-15-31-16-14-26/h1-12,17H,13-16,18H2,(H,29,30). The summed E-state index contributed by atoms with van der Waals surface area (Å²) in [6.07, 6.45) is 0. The predicted octanol–water partition coefficient (Wildman–Crippen LogP) is 4.07. The van der Waals surface area contributed by atoms with E-state index in [0.29, 0.717) is 49.8 Å². The van der Waals surface area contributed by atoms with Crippen LogP contribution >= 0.6 is 0 Å². The fourth-order valence-corrected chi connectivity index (χ4v) is 3.73. The number of carbonyl (C=O) groups excluding carboxylic acids is 1. The molecular weight excluding hydrogens is 392 g/mol. The molecule has 1 N–H and O–H groups in total. The first kappa shape index (κ1) is 20.6. The Labute approximate surface area is 181 Å². The summed E-state index contributed by atoms with van der Waals surface area (Å²) >= 11 is 0. The maximum Gasteiger partial charge on any atom is 0.337 e. The molecule has 1 amide bonds. The molecular formula is C25H24N2O4. The van der Waals surface area contributed by atoms with E-state index in [1.54, 1.807) is 29.2 Å². The molecule has 0 saturated carbocycles. The first-order valence-corrected chi connectivity index (χ1v) is 10.2. The van der Waals surface area contributed by atoms with Crippen LogP contribution in [0.3, 0.4) is 0 Å². The second-order valence-electron chi connectivity index (χ2n) is 7.35. The largest absolute Gasteiger partial charge is 0.478 e. The van der Waals surface area contributed by atoms with Gasteiger partial charge in [-0.15, -0.1) is 0 Å². The zero-order chi connectivity index (χ0) is 21.6. The van der Waals surface area contributed by atoms with E-state index < -0.39 is 5.97 Å². The van der Waals surface area contributed by atoms with E-state index in [1.165, 1.54) is 0 Å². The summed E-state index contributed by atoms with van der Waals surface area (Å²) in [6.45, 7) is 2.73. The fourth-order valence-electron chi connectivity index (χ4n) is 3.73. The molecule has 0 radical (unpaired) electrons. The molecule has 6 heteroatoms. The number of benzene rings is 3. The second-order valence-corrected chi connectivity index (χ2v) is 7.35. The number of aromatic carboxylic acids is 1. The van der Waals surface area contributed by atoms with Crippen molar-refractivity contribution in [2.24, 2.45) is 0 Å². The summed E-state index contributed by atoms with van der Waals surface area (Å²) in [5.74, 6) is -1.20. The van der Waals surface area contributed by atoms with Crippen LogP contribution in [0.1, 0.15) is 26.3 Å². The number of carboxylic acids is 1. The Kier molecular flexibility index (Phi) is 6.29. The monoisotopic (exact) mass is 416 g/mol. The quantitative estimate of drug-likeness (QED) is 0.656. The molecule has 3 aromatic carbocycles. The molecule has 4 rings (SSSR count). The number of carbonyl (C=O) groups is 2. The van der Waals surface area contributed by atoms with E-state index in [0.717, 1.165) is 5.56 Å². The van der Waals surface area contributed by atoms with Crippen LogP contribution in [0.4, 0.5) is 11.4 Å². The number of ether oxygens (including phenoxy) is 1. The first-order valence-electron chi connectivity index (χ1n) is 10.2. The normalized spacial score (nSPS) is 13.6. The second kappa shape index (κ2) is 9.45. The van der Waals surface area contributed by atoms with Gasteiger partial charge in [-0.1, -0.05) is 48.5 Å². The third kappa shape index (κ3) is 4.75. The summed E-state index contributed by atoms with van der Waals surface area (Å²) in [6, 6.07) is 23.9. The molecule has 1 aliphatic heterocycles. The Balaban J connectivity index is 1.74. The van der Waals surface area contributed by atoms with Crippen LogP contribution in [0.15, 0.2) is 78.9 Å². The van der Waals surface area contributed by atoms with E-state index in [-0.39, 0.29) is 11.5 Å². The molecule has 1 aliphatic rings. The van der Waals surface area contributed by atoms with Gasteiger partial charge < -0.3 is 19.6 Å². The van der Waals surface area contributed by atoms with Crippen LogP contribution in [0.5, 0.6) is 0 Å². The van der Waals surface area contributed by atoms with Gasteiger partial charge in [-0.05, 0) is 35.9 Å². The zero-order valence-electron chi connectivity index (χ0n) is 17.1. The number of carboxylic acid groups (broad SMARTS) is 1. The molecule has 158 valence electrons. The van der Waals surface area contributed by atoms with Gasteiger partial charge in [-0.2, -0.15) is 0 Å². The van der Waals surface area contributed by atoms with E-state index in [9.17, 15) is 14.7 Å². The smallest absolute Gasteiger partial charge is 0.337 e. The molecule has 0 aromatic heterocycles. The highest BCUT2D eigenvalue weighted by Crippen LogP contribution is 2.29. The van der Waals surface area contributed by atoms with Gasteiger partial charge in [-0.3, -0.25) is 4.79 Å². The van der Waals surface area contributed by atoms with Crippen LogP contribution in [-0.4, -0.2) is 43.3 Å². The highest BCUT2D eigenvalue weighted by atomic mass is 16.5. The average molecular weight is 416 g/mol. The minimum Gasteiger partial charge on any atom is -0.478 e. The lowest BCUT2D eigenvalue weighted by Gasteiger charge is -2.31. The van der Waals surface area contributed by atoms with Gasteiger partial charge in [0.2, 0.25) is 0 Å². The number of hydrogen-bond acceptors (Lipinski definition) is 4. The van der Waals surface area contributed by atoms with Crippen LogP contribution in [0.25, 0.3) is 0 Å². The lowest BCUT2D eigenvalue weighted by molar-refractivity contribution is 0.0696. The molecule has 31 heavy (non-hydrogen) atoms. The summed E-state index contributed by atoms with van der Waals surface area (Å²) < 4.78 is 5.39. The molecule has 1 saturated heterocycles. The van der Waals surface area contributed by atoms with Gasteiger partial charge in [0.15, 0.2) is 0 Å². The summed E-state index contributed by atoms with van der Waals surface area (Å²) in [7, 11) is 0. The van der Waals surface area contributed by atoms with Gasteiger partial charge in [-0.25, -0.2) is 4.79 Å². The Morgan fingerprint density at radius 2 is 1.55 bits per heavy atom. The summed E-state index contributed by atoms with van der Waals surface area (Å²) in [5, 5.41) is 9.89. The third-order valence-corrected chi connectivity index (χ3v) is 5.32. The molecule has 0 unspecified atom stereocenters. The average Bonchev–Trinajstić information content (AvgIpc) is 2.83. The van der Waals surface area contributed by atoms with E-state index >= 15 is 0 Å². The summed E-state index contributed by atoms with van der Waals surface area (Å²) in [4.78, 5) is 29.1. The maximum absolute atomic E-state index is 13.4. The van der Waals surface area contributed by atoms with Crippen LogP contribution in [0, 0.1) is 0 Å². The number of amides is 1. The van der Waals surface area contributed by atoms with Gasteiger partial charge in [0.25, 0.3) is 5.91 Å². The van der Waals surface area contributed by atoms with Crippen molar-refractivity contribution < 1.29 is 19.4 Å². The lowest BCUT2D eigenvalue weighted by Crippen LogP contribution is -2.37. The van der Waals surface area contributed by atoms with Crippen molar-refractivity contribution in [3.63, 3.8) is 0 Å². The van der Waals surface area contributed by atoms with E-state index in [1.807, 2.05) is 59.5 Å². The SMILES string of the molecule is O=C(O)c1cc(N(Cc2ccccc2)C(=O)c2ccccc2)ccc1N1CCOCC1. The molecule has 1 heterocycles. The number of morpholine rings is 1. The van der Waals surface area contributed by atoms with E-state index in [2.05, 4.69) is 0 Å². The zero-order valence-corrected chi connectivity index (χ0v) is 17.1. The Bertz CT molecular complexity index is 1050. The van der Waals surface area contributed by atoms with Crippen molar-refractivity contribution >= 4 is 23.3 Å². The highest BCUT2D eigenvalue weighted by molar-refractivity contribution is 6.07. The van der Waals surface area contributed by atoms with Crippen molar-refractivity contribution in [1.29, 1.82) is 0 Å². The van der Waals surface area contributed by atoms with Crippen LogP contribution in [0.2, 0.25) is 0 Å². The molecule has 3 aromatic rings. The van der Waals surface area contributed by atoms with Gasteiger partial charge in [0, 0.05) is 24.3 Å². The van der Waals surface area contributed by atoms with Crippen molar-refractivity contribution in [2.75, 3.05) is 36.1 Å². The third-order valence-electron chi connectivity index (χ3n) is 5.32. The highest BCUT2D eigenvalue weighted by Gasteiger charge is 2.23. The molecule has 6 nitrogen and oxygen atoms in total. The summed E-state index contributed by atoms with van der Waals surface area (Å²) in [5.41, 5.74) is 2.88. The Morgan fingerprint density at radius 3 is 2.19 bits per heavy atom. The molecule has 1 fully saturated rings. The first-order chi connectivity index (χ1) is 15.1. The van der Waals surface area contributed by atoms with Gasteiger partial charge in [0.05, 0.1) is 31.0 Å². The molecule has 0 spiro atoms. The van der Waals surface area contributed by atoms with Crippen molar-refractivity contribution in [1.82, 2.24) is 0 Å². The minimum absolute atomic E-state index is 0.179. The number of anilines is 2. The van der Waals surface area contributed by atoms with Crippen molar-refractivity contribution in [2.45, 2.75) is 6.54 Å². The van der Waals surface area contributed by atoms with Crippen LogP contribution in [-0.2, 0) is 11.3 Å². The molecule has 0 aliphatic carbocycles. The van der Waals surface area contributed by atoms with Crippen molar-refractivity contribution in [3.05, 3.63) is 95.6 Å². The molecule has 0 bridgehead atoms. The number of hydrogen-bond donors (Lipinski definition) is 1. The number of rotatable bonds is 6. The topological polar surface area (TPSA) is 70.1 Å².